The van der Waals surface area contributed by atoms with Crippen molar-refractivity contribution in [3.05, 3.63) is 17.7 Å². The maximum Gasteiger partial charge on any atom is 0.338 e. The number of hydrogen-bond acceptors (Lipinski definition) is 6. The summed E-state index contributed by atoms with van der Waals surface area (Å²) < 4.78 is 21.3. The van der Waals surface area contributed by atoms with Gasteiger partial charge in [0.15, 0.2) is 11.5 Å². The third-order valence-electron chi connectivity index (χ3n) is 3.98. The zero-order valence-electron chi connectivity index (χ0n) is 14.1. The van der Waals surface area contributed by atoms with E-state index in [0.717, 1.165) is 19.6 Å². The van der Waals surface area contributed by atoms with E-state index in [0.29, 0.717) is 29.4 Å². The molecule has 1 aromatic rings. The zero-order valence-corrected chi connectivity index (χ0v) is 14.1. The second kappa shape index (κ2) is 8.62. The van der Waals surface area contributed by atoms with Crippen LogP contribution in [-0.4, -0.2) is 58.4 Å². The monoisotopic (exact) mass is 323 g/mol. The van der Waals surface area contributed by atoms with Gasteiger partial charge < -0.3 is 18.9 Å². The van der Waals surface area contributed by atoms with Gasteiger partial charge in [-0.1, -0.05) is 6.42 Å². The lowest BCUT2D eigenvalue weighted by atomic mass is 10.1. The van der Waals surface area contributed by atoms with Crippen molar-refractivity contribution in [2.75, 3.05) is 47.6 Å². The van der Waals surface area contributed by atoms with Crippen LogP contribution >= 0.6 is 0 Å². The number of hydrogen-bond donors (Lipinski definition) is 0. The summed E-state index contributed by atoms with van der Waals surface area (Å²) in [4.78, 5) is 14.1. The molecule has 0 radical (unpaired) electrons. The molecule has 0 bridgehead atoms. The fourth-order valence-corrected chi connectivity index (χ4v) is 2.72. The van der Waals surface area contributed by atoms with Gasteiger partial charge >= 0.3 is 5.97 Å². The molecule has 1 saturated heterocycles. The summed E-state index contributed by atoms with van der Waals surface area (Å²) in [5.74, 6) is 0.993. The topological polar surface area (TPSA) is 57.2 Å². The zero-order chi connectivity index (χ0) is 16.7. The van der Waals surface area contributed by atoms with E-state index in [2.05, 4.69) is 4.90 Å². The Bertz CT molecular complexity index is 501. The Labute approximate surface area is 137 Å². The second-order valence-corrected chi connectivity index (χ2v) is 5.45. The van der Waals surface area contributed by atoms with Gasteiger partial charge in [0.25, 0.3) is 0 Å². The number of methoxy groups -OCH3 is 3. The first-order chi connectivity index (χ1) is 11.2. The number of carbonyl (C=O) groups excluding carboxylic acids is 1. The van der Waals surface area contributed by atoms with Crippen LogP contribution in [0.1, 0.15) is 29.6 Å². The summed E-state index contributed by atoms with van der Waals surface area (Å²) in [6.45, 7) is 3.66. The number of likely N-dealkylation sites (tertiary alicyclic amines) is 1. The first kappa shape index (κ1) is 17.4. The number of rotatable bonds is 7. The summed E-state index contributed by atoms with van der Waals surface area (Å²) in [7, 11) is 4.41. The van der Waals surface area contributed by atoms with Crippen LogP contribution in [0.5, 0.6) is 17.2 Å². The quantitative estimate of drug-likeness (QED) is 0.718. The third kappa shape index (κ3) is 4.51. The number of piperidine rings is 1. The second-order valence-electron chi connectivity index (χ2n) is 5.45. The van der Waals surface area contributed by atoms with Crippen molar-refractivity contribution in [3.8, 4) is 17.2 Å². The Balaban J connectivity index is 2.08. The lowest BCUT2D eigenvalue weighted by molar-refractivity contribution is 0.0599. The summed E-state index contributed by atoms with van der Waals surface area (Å²) in [5.41, 5.74) is 0.365. The Morgan fingerprint density at radius 3 is 2.17 bits per heavy atom. The molecule has 23 heavy (non-hydrogen) atoms. The highest BCUT2D eigenvalue weighted by Gasteiger charge is 2.18. The molecule has 6 heteroatoms. The molecule has 1 fully saturated rings. The molecule has 1 aliphatic heterocycles. The highest BCUT2D eigenvalue weighted by atomic mass is 16.5. The van der Waals surface area contributed by atoms with E-state index in [1.807, 2.05) is 0 Å². The Kier molecular flexibility index (Phi) is 6.52. The molecule has 0 saturated carbocycles. The first-order valence-corrected chi connectivity index (χ1v) is 7.89. The van der Waals surface area contributed by atoms with Crippen LogP contribution in [0.3, 0.4) is 0 Å². The van der Waals surface area contributed by atoms with E-state index in [-0.39, 0.29) is 0 Å². The lowest BCUT2D eigenvalue weighted by Crippen LogP contribution is -2.33. The minimum atomic E-state index is -0.443. The molecular weight excluding hydrogens is 298 g/mol. The van der Waals surface area contributed by atoms with Gasteiger partial charge in [0.05, 0.1) is 26.9 Å². The van der Waals surface area contributed by atoms with E-state index in [4.69, 9.17) is 18.9 Å². The standard InChI is InChI=1S/C17H25NO5/c1-20-14-11-13(17(19)22-3)12-15(21-2)16(14)23-10-9-18-7-5-4-6-8-18/h11-12H,4-10H2,1-3H3. The molecule has 6 nitrogen and oxygen atoms in total. The van der Waals surface area contributed by atoms with Gasteiger partial charge in [-0.25, -0.2) is 4.79 Å². The van der Waals surface area contributed by atoms with Crippen molar-refractivity contribution in [1.29, 1.82) is 0 Å². The molecule has 0 aromatic heterocycles. The molecule has 0 spiro atoms. The summed E-state index contributed by atoms with van der Waals surface area (Å²) in [6, 6.07) is 3.20. The fourth-order valence-electron chi connectivity index (χ4n) is 2.72. The summed E-state index contributed by atoms with van der Waals surface area (Å²) >= 11 is 0. The average Bonchev–Trinajstić information content (AvgIpc) is 2.61. The maximum absolute atomic E-state index is 11.7. The Morgan fingerprint density at radius 2 is 1.65 bits per heavy atom. The molecule has 1 aliphatic rings. The summed E-state index contributed by atoms with van der Waals surface area (Å²) in [5, 5.41) is 0. The largest absolute Gasteiger partial charge is 0.493 e. The average molecular weight is 323 g/mol. The molecule has 0 amide bonds. The van der Waals surface area contributed by atoms with Gasteiger partial charge in [-0.05, 0) is 38.1 Å². The third-order valence-corrected chi connectivity index (χ3v) is 3.98. The molecule has 1 aromatic carbocycles. The van der Waals surface area contributed by atoms with E-state index < -0.39 is 5.97 Å². The van der Waals surface area contributed by atoms with Gasteiger partial charge in [0, 0.05) is 6.54 Å². The molecule has 128 valence electrons. The fraction of sp³-hybridized carbons (Fsp3) is 0.588. The highest BCUT2D eigenvalue weighted by Crippen LogP contribution is 2.38. The van der Waals surface area contributed by atoms with E-state index in [9.17, 15) is 4.79 Å². The van der Waals surface area contributed by atoms with Gasteiger partial charge in [-0.3, -0.25) is 4.90 Å². The van der Waals surface area contributed by atoms with Crippen LogP contribution in [0.4, 0.5) is 0 Å². The normalized spacial score (nSPS) is 15.1. The predicted molar refractivity (Wildman–Crippen MR) is 86.7 cm³/mol. The van der Waals surface area contributed by atoms with Crippen molar-refractivity contribution < 1.29 is 23.7 Å². The lowest BCUT2D eigenvalue weighted by Gasteiger charge is -2.26. The van der Waals surface area contributed by atoms with Crippen LogP contribution in [0, 0.1) is 0 Å². The highest BCUT2D eigenvalue weighted by molar-refractivity contribution is 5.91. The van der Waals surface area contributed by atoms with Crippen LogP contribution in [0.2, 0.25) is 0 Å². The van der Waals surface area contributed by atoms with Crippen LogP contribution in [0.15, 0.2) is 12.1 Å². The molecule has 1 heterocycles. The van der Waals surface area contributed by atoms with Gasteiger partial charge in [0.2, 0.25) is 5.75 Å². The minimum Gasteiger partial charge on any atom is -0.493 e. The van der Waals surface area contributed by atoms with E-state index >= 15 is 0 Å². The Morgan fingerprint density at radius 1 is 1.04 bits per heavy atom. The Hall–Kier alpha value is -1.95. The molecule has 0 unspecified atom stereocenters. The van der Waals surface area contributed by atoms with Crippen molar-refractivity contribution in [1.82, 2.24) is 4.90 Å². The van der Waals surface area contributed by atoms with E-state index in [1.54, 1.807) is 12.1 Å². The molecule has 2 rings (SSSR count). The first-order valence-electron chi connectivity index (χ1n) is 7.89. The number of carbonyl (C=O) groups is 1. The van der Waals surface area contributed by atoms with Gasteiger partial charge in [0.1, 0.15) is 6.61 Å². The molecular formula is C17H25NO5. The summed E-state index contributed by atoms with van der Waals surface area (Å²) in [6.07, 6.45) is 3.81. The van der Waals surface area contributed by atoms with Gasteiger partial charge in [-0.15, -0.1) is 0 Å². The number of ether oxygens (including phenoxy) is 4. The number of nitrogens with zero attached hydrogens (tertiary/aromatic N) is 1. The molecule has 0 aliphatic carbocycles. The van der Waals surface area contributed by atoms with Crippen LogP contribution in [-0.2, 0) is 4.74 Å². The minimum absolute atomic E-state index is 0.365. The number of benzene rings is 1. The smallest absolute Gasteiger partial charge is 0.338 e. The van der Waals surface area contributed by atoms with Crippen molar-refractivity contribution in [3.63, 3.8) is 0 Å². The van der Waals surface area contributed by atoms with Crippen LogP contribution in [0.25, 0.3) is 0 Å². The van der Waals surface area contributed by atoms with Crippen molar-refractivity contribution >= 4 is 5.97 Å². The van der Waals surface area contributed by atoms with Crippen LogP contribution < -0.4 is 14.2 Å². The number of esters is 1. The predicted octanol–water partition coefficient (Wildman–Crippen LogP) is 2.36. The van der Waals surface area contributed by atoms with E-state index in [1.165, 1.54) is 40.6 Å². The van der Waals surface area contributed by atoms with Crippen molar-refractivity contribution in [2.24, 2.45) is 0 Å². The molecule has 0 atom stereocenters. The SMILES string of the molecule is COC(=O)c1cc(OC)c(OCCN2CCCCC2)c(OC)c1. The maximum atomic E-state index is 11.7. The molecule has 0 N–H and O–H groups in total. The van der Waals surface area contributed by atoms with Gasteiger partial charge in [-0.2, -0.15) is 0 Å². The van der Waals surface area contributed by atoms with Crippen molar-refractivity contribution in [2.45, 2.75) is 19.3 Å².